The van der Waals surface area contributed by atoms with Gasteiger partial charge in [0.2, 0.25) is 0 Å². The van der Waals surface area contributed by atoms with E-state index in [0.717, 1.165) is 9.13 Å². The smallest absolute Gasteiger partial charge is 0.337 e. The topological polar surface area (TPSA) is 88.4 Å². The number of thiazole rings is 1. The maximum absolute atomic E-state index is 14.1. The summed E-state index contributed by atoms with van der Waals surface area (Å²) in [5.74, 6) is 0.710. The van der Waals surface area contributed by atoms with E-state index in [-0.39, 0.29) is 23.6 Å². The van der Waals surface area contributed by atoms with Crippen LogP contribution in [0.1, 0.15) is 36.6 Å². The number of benzene rings is 3. The Morgan fingerprint density at radius 2 is 1.84 bits per heavy atom. The first-order valence-electron chi connectivity index (χ1n) is 13.6. The third-order valence-electron chi connectivity index (χ3n) is 6.66. The lowest BCUT2D eigenvalue weighted by Crippen LogP contribution is -2.39. The zero-order chi connectivity index (χ0) is 31.4. The van der Waals surface area contributed by atoms with Crippen LogP contribution in [0.5, 0.6) is 17.2 Å². The zero-order valence-corrected chi connectivity index (χ0v) is 28.5. The van der Waals surface area contributed by atoms with E-state index in [4.69, 9.17) is 18.9 Å². The molecule has 2 heterocycles. The number of fused-ring (bicyclic) bond motifs is 1. The van der Waals surface area contributed by atoms with Gasteiger partial charge < -0.3 is 18.9 Å². The number of carbonyl (C=O) groups excluding carboxylic acids is 1. The molecule has 4 aromatic rings. The van der Waals surface area contributed by atoms with Crippen molar-refractivity contribution in [2.75, 3.05) is 20.3 Å². The van der Waals surface area contributed by atoms with Gasteiger partial charge >= 0.3 is 5.97 Å². The van der Waals surface area contributed by atoms with Gasteiger partial charge in [-0.05, 0) is 99.9 Å². The van der Waals surface area contributed by atoms with E-state index in [0.29, 0.717) is 55.4 Å². The average Bonchev–Trinajstić information content (AvgIpc) is 3.32. The molecule has 0 radical (unpaired) electrons. The van der Waals surface area contributed by atoms with Gasteiger partial charge in [0.15, 0.2) is 16.3 Å². The number of ether oxygens (including phenoxy) is 4. The van der Waals surface area contributed by atoms with Crippen LogP contribution < -0.4 is 29.1 Å². The van der Waals surface area contributed by atoms with E-state index in [2.05, 4.69) is 43.5 Å². The Bertz CT molecular complexity index is 1920. The average molecular weight is 793 g/mol. The van der Waals surface area contributed by atoms with Crippen molar-refractivity contribution in [3.05, 3.63) is 117 Å². The molecule has 0 N–H and O–H groups in total. The minimum absolute atomic E-state index is 0.0678. The lowest BCUT2D eigenvalue weighted by atomic mass is 9.97. The molecule has 0 fully saturated rings. The van der Waals surface area contributed by atoms with E-state index in [1.807, 2.05) is 26.0 Å². The minimum Gasteiger partial charge on any atom is -0.490 e. The molecule has 12 heteroatoms. The summed E-state index contributed by atoms with van der Waals surface area (Å²) >= 11 is 6.92. The Morgan fingerprint density at radius 3 is 2.55 bits per heavy atom. The fourth-order valence-electron chi connectivity index (χ4n) is 4.70. The van der Waals surface area contributed by atoms with Gasteiger partial charge in [0.1, 0.15) is 18.2 Å². The first-order valence-corrected chi connectivity index (χ1v) is 16.3. The number of nitrogens with zero attached hydrogens (tertiary/aromatic N) is 2. The first kappa shape index (κ1) is 31.9. The second-order valence-electron chi connectivity index (χ2n) is 9.44. The fraction of sp³-hybridized carbons (Fsp3) is 0.219. The van der Waals surface area contributed by atoms with Crippen molar-refractivity contribution in [1.82, 2.24) is 4.57 Å². The SMILES string of the molecule is CCOc1ccc([C@@H]2C(C(=O)OC)=CN=c3s/c(=C\c4cc(Br)c(OCc5ccccc5F)c(I)c4)c(=O)n32)cc1OCC. The number of esters is 1. The number of halogens is 3. The third kappa shape index (κ3) is 6.61. The highest BCUT2D eigenvalue weighted by molar-refractivity contribution is 14.1. The molecule has 1 aromatic heterocycles. The molecule has 0 saturated heterocycles. The van der Waals surface area contributed by atoms with Crippen LogP contribution in [0.2, 0.25) is 0 Å². The van der Waals surface area contributed by atoms with Crippen LogP contribution in [0, 0.1) is 9.39 Å². The third-order valence-corrected chi connectivity index (χ3v) is 9.04. The second kappa shape index (κ2) is 14.1. The Kier molecular flexibility index (Phi) is 10.2. The largest absolute Gasteiger partial charge is 0.490 e. The quantitative estimate of drug-likeness (QED) is 0.147. The van der Waals surface area contributed by atoms with E-state index < -0.39 is 12.0 Å². The molecule has 1 aliphatic rings. The molecule has 3 aromatic carbocycles. The molecule has 0 spiro atoms. The number of hydrogen-bond acceptors (Lipinski definition) is 8. The maximum Gasteiger partial charge on any atom is 0.337 e. The second-order valence-corrected chi connectivity index (χ2v) is 12.5. The van der Waals surface area contributed by atoms with E-state index in [9.17, 15) is 14.0 Å². The number of aromatic nitrogens is 1. The first-order chi connectivity index (χ1) is 21.2. The molecule has 0 bridgehead atoms. The summed E-state index contributed by atoms with van der Waals surface area (Å²) in [6, 6.07) is 14.7. The van der Waals surface area contributed by atoms with Crippen LogP contribution in [0.3, 0.4) is 0 Å². The Balaban J connectivity index is 1.55. The predicted octanol–water partition coefficient (Wildman–Crippen LogP) is 5.90. The lowest BCUT2D eigenvalue weighted by molar-refractivity contribution is -0.136. The molecule has 44 heavy (non-hydrogen) atoms. The van der Waals surface area contributed by atoms with Gasteiger partial charge in [0.25, 0.3) is 5.56 Å². The normalized spacial score (nSPS) is 14.4. The van der Waals surface area contributed by atoms with Crippen molar-refractivity contribution in [3.8, 4) is 17.2 Å². The van der Waals surface area contributed by atoms with Crippen LogP contribution >= 0.6 is 49.9 Å². The van der Waals surface area contributed by atoms with Crippen molar-refractivity contribution in [3.63, 3.8) is 0 Å². The lowest BCUT2D eigenvalue weighted by Gasteiger charge is -2.23. The van der Waals surface area contributed by atoms with Crippen molar-refractivity contribution in [1.29, 1.82) is 0 Å². The summed E-state index contributed by atoms with van der Waals surface area (Å²) in [4.78, 5) is 31.7. The van der Waals surface area contributed by atoms with Crippen molar-refractivity contribution in [2.45, 2.75) is 26.5 Å². The van der Waals surface area contributed by atoms with E-state index >= 15 is 0 Å². The monoisotopic (exact) mass is 792 g/mol. The highest BCUT2D eigenvalue weighted by atomic mass is 127. The van der Waals surface area contributed by atoms with Crippen LogP contribution in [-0.2, 0) is 16.1 Å². The van der Waals surface area contributed by atoms with Crippen LogP contribution in [0.25, 0.3) is 6.08 Å². The van der Waals surface area contributed by atoms with Crippen molar-refractivity contribution in [2.24, 2.45) is 4.99 Å². The molecule has 0 saturated carbocycles. The minimum atomic E-state index is -0.795. The summed E-state index contributed by atoms with van der Waals surface area (Å²) in [5, 5.41) is 0. The molecule has 8 nitrogen and oxygen atoms in total. The van der Waals surface area contributed by atoms with Crippen LogP contribution in [0.15, 0.2) is 80.6 Å². The van der Waals surface area contributed by atoms with Gasteiger partial charge in [-0.3, -0.25) is 9.36 Å². The molecular weight excluding hydrogens is 766 g/mol. The summed E-state index contributed by atoms with van der Waals surface area (Å²) in [6.07, 6.45) is 3.21. The van der Waals surface area contributed by atoms with Crippen LogP contribution in [0.4, 0.5) is 4.39 Å². The molecule has 1 aliphatic heterocycles. The van der Waals surface area contributed by atoms with Gasteiger partial charge in [0, 0.05) is 11.8 Å². The molecule has 0 amide bonds. The summed E-state index contributed by atoms with van der Waals surface area (Å²) < 4.78 is 39.9. The van der Waals surface area contributed by atoms with Gasteiger partial charge in [-0.25, -0.2) is 14.2 Å². The Labute approximate surface area is 278 Å². The fourth-order valence-corrected chi connectivity index (χ4v) is 7.44. The molecular formula is C32H27BrFIN2O6S. The van der Waals surface area contributed by atoms with Gasteiger partial charge in [0.05, 0.1) is 44.5 Å². The maximum atomic E-state index is 14.1. The number of carbonyl (C=O) groups is 1. The number of rotatable bonds is 10. The number of hydrogen-bond donors (Lipinski definition) is 0. The zero-order valence-electron chi connectivity index (χ0n) is 23.9. The van der Waals surface area contributed by atoms with Crippen LogP contribution in [-0.4, -0.2) is 30.9 Å². The Hall–Kier alpha value is -3.49. The van der Waals surface area contributed by atoms with E-state index in [1.165, 1.54) is 35.3 Å². The van der Waals surface area contributed by atoms with E-state index in [1.54, 1.807) is 42.5 Å². The van der Waals surface area contributed by atoms with Gasteiger partial charge in [-0.2, -0.15) is 0 Å². The summed E-state index contributed by atoms with van der Waals surface area (Å²) in [5.41, 5.74) is 1.73. The molecule has 1 atom stereocenters. The van der Waals surface area contributed by atoms with Crippen molar-refractivity contribution < 1.29 is 28.1 Å². The highest BCUT2D eigenvalue weighted by Crippen LogP contribution is 2.36. The Morgan fingerprint density at radius 1 is 1.09 bits per heavy atom. The molecule has 5 rings (SSSR count). The van der Waals surface area contributed by atoms with Gasteiger partial charge in [-0.1, -0.05) is 35.6 Å². The molecule has 0 aliphatic carbocycles. The summed E-state index contributed by atoms with van der Waals surface area (Å²) in [7, 11) is 1.29. The van der Waals surface area contributed by atoms with Gasteiger partial charge in [-0.15, -0.1) is 0 Å². The highest BCUT2D eigenvalue weighted by Gasteiger charge is 2.31. The summed E-state index contributed by atoms with van der Waals surface area (Å²) in [6.45, 7) is 4.68. The number of methoxy groups -OCH3 is 1. The predicted molar refractivity (Wildman–Crippen MR) is 178 cm³/mol. The molecule has 0 unspecified atom stereocenters. The van der Waals surface area contributed by atoms with Crippen molar-refractivity contribution >= 4 is 61.9 Å². The molecule has 228 valence electrons. The standard InChI is InChI=1S/C32H27BrFIN2O6S/c1-4-41-25-11-10-19(15-26(25)42-5-2)28-21(31(39)40-3)16-36-32-37(28)30(38)27(44-32)14-18-12-22(33)29(24(35)13-18)43-17-20-8-6-7-9-23(20)34/h6-16,28H,4-5,17H2,1-3H3/b27-14-/t28-/m1/s1.